The second-order valence-electron chi connectivity index (χ2n) is 6.51. The third-order valence-corrected chi connectivity index (χ3v) is 6.25. The number of carboxylic acids is 1. The fourth-order valence-electron chi connectivity index (χ4n) is 3.29. The van der Waals surface area contributed by atoms with Gasteiger partial charge in [-0.3, -0.25) is 4.79 Å². The first-order valence-corrected chi connectivity index (χ1v) is 9.30. The molecule has 1 saturated heterocycles. The number of aliphatic carboxylic acids is 1. The number of carbonyl (C=O) groups is 1. The zero-order chi connectivity index (χ0) is 15.5. The van der Waals surface area contributed by atoms with Gasteiger partial charge in [0.2, 0.25) is 0 Å². The first-order valence-electron chi connectivity index (χ1n) is 7.86. The van der Waals surface area contributed by atoms with Gasteiger partial charge in [-0.15, -0.1) is 0 Å². The smallest absolute Gasteiger partial charge is 0.306 e. The molecule has 1 aliphatic carbocycles. The highest BCUT2D eigenvalue weighted by Crippen LogP contribution is 2.28. The molecule has 2 N–H and O–H groups in total. The highest BCUT2D eigenvalue weighted by molar-refractivity contribution is 7.87. The maximum atomic E-state index is 12.3. The summed E-state index contributed by atoms with van der Waals surface area (Å²) in [5.41, 5.74) is 0. The van der Waals surface area contributed by atoms with Crippen LogP contribution >= 0.6 is 0 Å². The summed E-state index contributed by atoms with van der Waals surface area (Å²) in [6, 6.07) is 0. The highest BCUT2D eigenvalue weighted by Gasteiger charge is 2.29. The van der Waals surface area contributed by atoms with Crippen LogP contribution in [0, 0.1) is 17.8 Å². The van der Waals surface area contributed by atoms with Crippen molar-refractivity contribution in [2.75, 3.05) is 19.6 Å². The Morgan fingerprint density at radius 1 is 1.24 bits per heavy atom. The highest BCUT2D eigenvalue weighted by atomic mass is 32.2. The summed E-state index contributed by atoms with van der Waals surface area (Å²) in [5, 5.41) is 8.96. The molecule has 1 heterocycles. The van der Waals surface area contributed by atoms with E-state index in [0.717, 1.165) is 25.7 Å². The number of piperidine rings is 1. The van der Waals surface area contributed by atoms with Gasteiger partial charge in [-0.05, 0) is 50.4 Å². The van der Waals surface area contributed by atoms with Gasteiger partial charge in [0.05, 0.1) is 5.92 Å². The Morgan fingerprint density at radius 2 is 1.90 bits per heavy atom. The largest absolute Gasteiger partial charge is 0.481 e. The van der Waals surface area contributed by atoms with Gasteiger partial charge in [0, 0.05) is 19.6 Å². The lowest BCUT2D eigenvalue weighted by atomic mass is 9.82. The topological polar surface area (TPSA) is 86.7 Å². The molecule has 0 amide bonds. The minimum absolute atomic E-state index is 0.249. The molecule has 7 heteroatoms. The number of carboxylic acid groups (broad SMARTS) is 1. The van der Waals surface area contributed by atoms with Crippen LogP contribution in [0.4, 0.5) is 0 Å². The minimum atomic E-state index is -3.38. The third-order valence-electron chi connectivity index (χ3n) is 4.71. The predicted molar refractivity (Wildman–Crippen MR) is 80.0 cm³/mol. The maximum absolute atomic E-state index is 12.3. The van der Waals surface area contributed by atoms with Crippen molar-refractivity contribution < 1.29 is 18.3 Å². The Bertz CT molecular complexity index is 458. The van der Waals surface area contributed by atoms with E-state index in [1.54, 1.807) is 4.31 Å². The lowest BCUT2D eigenvalue weighted by Crippen LogP contribution is -2.46. The minimum Gasteiger partial charge on any atom is -0.481 e. The Kier molecular flexibility index (Phi) is 5.62. The molecule has 0 aromatic heterocycles. The molecule has 1 aliphatic heterocycles. The average molecular weight is 318 g/mol. The maximum Gasteiger partial charge on any atom is 0.306 e. The molecule has 6 nitrogen and oxygen atoms in total. The van der Waals surface area contributed by atoms with Crippen molar-refractivity contribution in [2.45, 2.75) is 45.4 Å². The summed E-state index contributed by atoms with van der Waals surface area (Å²) < 4.78 is 28.8. The summed E-state index contributed by atoms with van der Waals surface area (Å²) >= 11 is 0. The van der Waals surface area contributed by atoms with Crippen molar-refractivity contribution in [1.82, 2.24) is 9.03 Å². The van der Waals surface area contributed by atoms with Gasteiger partial charge < -0.3 is 5.11 Å². The van der Waals surface area contributed by atoms with Crippen LogP contribution in [-0.2, 0) is 15.0 Å². The van der Waals surface area contributed by atoms with Gasteiger partial charge in [-0.1, -0.05) is 6.92 Å². The lowest BCUT2D eigenvalue weighted by Gasteiger charge is -2.31. The number of nitrogens with one attached hydrogen (secondary N) is 1. The molecule has 0 bridgehead atoms. The first-order chi connectivity index (χ1) is 9.88. The molecule has 0 radical (unpaired) electrons. The van der Waals surface area contributed by atoms with E-state index in [0.29, 0.717) is 38.4 Å². The van der Waals surface area contributed by atoms with Crippen LogP contribution in [0.5, 0.6) is 0 Å². The van der Waals surface area contributed by atoms with E-state index in [-0.39, 0.29) is 11.8 Å². The Labute approximate surface area is 127 Å². The van der Waals surface area contributed by atoms with Crippen LogP contribution < -0.4 is 4.72 Å². The molecule has 122 valence electrons. The average Bonchev–Trinajstić information content (AvgIpc) is 2.45. The van der Waals surface area contributed by atoms with Crippen molar-refractivity contribution in [2.24, 2.45) is 17.8 Å². The molecule has 1 saturated carbocycles. The van der Waals surface area contributed by atoms with Gasteiger partial charge in [0.25, 0.3) is 10.2 Å². The Hall–Kier alpha value is -0.660. The molecule has 1 atom stereocenters. The van der Waals surface area contributed by atoms with Crippen molar-refractivity contribution in [3.63, 3.8) is 0 Å². The number of hydrogen-bond donors (Lipinski definition) is 2. The Balaban J connectivity index is 1.78. The summed E-state index contributed by atoms with van der Waals surface area (Å²) in [4.78, 5) is 10.9. The van der Waals surface area contributed by atoms with Crippen LogP contribution in [0.1, 0.15) is 45.4 Å². The fraction of sp³-hybridized carbons (Fsp3) is 0.929. The number of hydrogen-bond acceptors (Lipinski definition) is 3. The van der Waals surface area contributed by atoms with E-state index in [1.165, 1.54) is 0 Å². The van der Waals surface area contributed by atoms with Crippen molar-refractivity contribution >= 4 is 16.2 Å². The summed E-state index contributed by atoms with van der Waals surface area (Å²) in [7, 11) is -3.38. The predicted octanol–water partition coefficient (Wildman–Crippen LogP) is 1.44. The first kappa shape index (κ1) is 16.7. The van der Waals surface area contributed by atoms with E-state index in [1.807, 2.05) is 0 Å². The molecule has 0 aromatic carbocycles. The van der Waals surface area contributed by atoms with E-state index >= 15 is 0 Å². The van der Waals surface area contributed by atoms with Crippen molar-refractivity contribution in [3.05, 3.63) is 0 Å². The number of rotatable bonds is 5. The van der Waals surface area contributed by atoms with Crippen LogP contribution in [0.3, 0.4) is 0 Å². The monoisotopic (exact) mass is 318 g/mol. The van der Waals surface area contributed by atoms with Crippen molar-refractivity contribution in [1.29, 1.82) is 0 Å². The second kappa shape index (κ2) is 7.07. The Morgan fingerprint density at radius 3 is 2.48 bits per heavy atom. The summed E-state index contributed by atoms with van der Waals surface area (Å²) in [6.07, 6.45) is 4.90. The molecular weight excluding hydrogens is 292 g/mol. The van der Waals surface area contributed by atoms with Gasteiger partial charge in [-0.2, -0.15) is 12.7 Å². The summed E-state index contributed by atoms with van der Waals surface area (Å²) in [5.74, 6) is -0.295. The second-order valence-corrected chi connectivity index (χ2v) is 8.27. The number of nitrogens with zero attached hydrogens (tertiary/aromatic N) is 1. The molecule has 1 unspecified atom stereocenters. The van der Waals surface area contributed by atoms with Gasteiger partial charge >= 0.3 is 5.97 Å². The molecule has 2 rings (SSSR count). The molecule has 0 aromatic rings. The van der Waals surface area contributed by atoms with Crippen LogP contribution in [0.25, 0.3) is 0 Å². The van der Waals surface area contributed by atoms with Crippen molar-refractivity contribution in [3.8, 4) is 0 Å². The quantitative estimate of drug-likeness (QED) is 0.803. The van der Waals surface area contributed by atoms with E-state index in [4.69, 9.17) is 5.11 Å². The molecule has 2 aliphatic rings. The SMILES string of the molecule is CC1CCCN(S(=O)(=O)NCC2CCC(C(=O)O)CC2)C1. The van der Waals surface area contributed by atoms with Gasteiger partial charge in [0.15, 0.2) is 0 Å². The molecule has 2 fully saturated rings. The van der Waals surface area contributed by atoms with E-state index in [9.17, 15) is 13.2 Å². The summed E-state index contributed by atoms with van der Waals surface area (Å²) in [6.45, 7) is 3.71. The normalized spacial score (nSPS) is 32.0. The third kappa shape index (κ3) is 4.66. The molecule has 0 spiro atoms. The van der Waals surface area contributed by atoms with Crippen LogP contribution in [-0.4, -0.2) is 43.4 Å². The standard InChI is InChI=1S/C14H26N2O4S/c1-11-3-2-8-16(10-11)21(19,20)15-9-12-4-6-13(7-5-12)14(17)18/h11-13,15H,2-10H2,1H3,(H,17,18). The van der Waals surface area contributed by atoms with E-state index < -0.39 is 16.2 Å². The molecule has 21 heavy (non-hydrogen) atoms. The van der Waals surface area contributed by atoms with E-state index in [2.05, 4.69) is 11.6 Å². The fourth-order valence-corrected chi connectivity index (χ4v) is 4.74. The zero-order valence-corrected chi connectivity index (χ0v) is 13.4. The van der Waals surface area contributed by atoms with Crippen LogP contribution in [0.2, 0.25) is 0 Å². The van der Waals surface area contributed by atoms with Crippen LogP contribution in [0.15, 0.2) is 0 Å². The lowest BCUT2D eigenvalue weighted by molar-refractivity contribution is -0.143. The van der Waals surface area contributed by atoms with Gasteiger partial charge in [-0.25, -0.2) is 4.72 Å². The molecular formula is C14H26N2O4S. The zero-order valence-electron chi connectivity index (χ0n) is 12.6. The van der Waals surface area contributed by atoms with Gasteiger partial charge in [0.1, 0.15) is 0 Å².